The van der Waals surface area contributed by atoms with Crippen molar-refractivity contribution >= 4 is 46.5 Å². The molecule has 1 unspecified atom stereocenters. The van der Waals surface area contributed by atoms with Crippen molar-refractivity contribution in [2.45, 2.75) is 30.9 Å². The van der Waals surface area contributed by atoms with Gasteiger partial charge in [0.25, 0.3) is 0 Å². The van der Waals surface area contributed by atoms with E-state index in [-0.39, 0.29) is 43.5 Å². The van der Waals surface area contributed by atoms with Gasteiger partial charge in [0.05, 0.1) is 43.0 Å². The highest BCUT2D eigenvalue weighted by Gasteiger charge is 2.45. The Morgan fingerprint density at radius 1 is 0.870 bits per heavy atom. The van der Waals surface area contributed by atoms with E-state index < -0.39 is 28.9 Å². The van der Waals surface area contributed by atoms with Crippen molar-refractivity contribution in [2.24, 2.45) is 0 Å². The Hall–Kier alpha value is -5.41. The Kier molecular flexibility index (Phi) is 11.3. The van der Waals surface area contributed by atoms with E-state index in [1.807, 2.05) is 18.2 Å². The van der Waals surface area contributed by atoms with Crippen molar-refractivity contribution in [1.82, 2.24) is 19.9 Å². The average molecular weight is 787 g/mol. The van der Waals surface area contributed by atoms with Crippen LogP contribution in [0.25, 0.3) is 11.3 Å². The summed E-state index contributed by atoms with van der Waals surface area (Å²) in [6.07, 6.45) is -4.35. The summed E-state index contributed by atoms with van der Waals surface area (Å²) < 4.78 is 64.2. The van der Waals surface area contributed by atoms with Gasteiger partial charge in [0.1, 0.15) is 17.5 Å². The lowest BCUT2D eigenvalue weighted by Crippen LogP contribution is -2.34. The van der Waals surface area contributed by atoms with Crippen LogP contribution in [0.15, 0.2) is 66.7 Å². The molecule has 5 aromatic rings. The van der Waals surface area contributed by atoms with Gasteiger partial charge in [0.15, 0.2) is 0 Å². The molecule has 1 aliphatic rings. The topological polar surface area (TPSA) is 143 Å². The van der Waals surface area contributed by atoms with Gasteiger partial charge in [-0.3, -0.25) is 4.79 Å². The lowest BCUT2D eigenvalue weighted by Gasteiger charge is -2.28. The van der Waals surface area contributed by atoms with Crippen molar-refractivity contribution in [2.75, 3.05) is 49.8 Å². The summed E-state index contributed by atoms with van der Waals surface area (Å²) in [4.78, 5) is 30.4. The minimum atomic E-state index is -4.65. The molecule has 11 nitrogen and oxygen atoms in total. The first-order valence-corrected chi connectivity index (χ1v) is 17.3. The SMILES string of the molecule is COc1nc(NCCc2ccc(C(F)(F)F)cc2F)cc(-c2ccc3c(c2)C(CC(=O)O)(c2cc(NCCc4ccc(Cl)cc4Cl)nc(OC)n2)CN3)n1. The first kappa shape index (κ1) is 38.3. The van der Waals surface area contributed by atoms with Crippen molar-refractivity contribution in [1.29, 1.82) is 0 Å². The number of aliphatic carboxylic acids is 1. The molecule has 17 heteroatoms. The summed E-state index contributed by atoms with van der Waals surface area (Å²) in [5.41, 5.74) is 1.53. The van der Waals surface area contributed by atoms with E-state index >= 15 is 0 Å². The number of benzene rings is 3. The van der Waals surface area contributed by atoms with Gasteiger partial charge in [-0.15, -0.1) is 0 Å². The molecule has 54 heavy (non-hydrogen) atoms. The van der Waals surface area contributed by atoms with Crippen LogP contribution in [-0.4, -0.2) is 64.9 Å². The van der Waals surface area contributed by atoms with Gasteiger partial charge in [0, 0.05) is 53.1 Å². The third-order valence-corrected chi connectivity index (χ3v) is 9.51. The fraction of sp³-hybridized carbons (Fsp3) is 0.270. The normalized spacial score (nSPS) is 15.0. The summed E-state index contributed by atoms with van der Waals surface area (Å²) in [5, 5.41) is 20.9. The van der Waals surface area contributed by atoms with Crippen LogP contribution in [0.3, 0.4) is 0 Å². The molecule has 3 aromatic carbocycles. The average Bonchev–Trinajstić information content (AvgIpc) is 3.50. The zero-order valence-electron chi connectivity index (χ0n) is 28.8. The Bertz CT molecular complexity index is 2190. The molecule has 0 radical (unpaired) electrons. The fourth-order valence-corrected chi connectivity index (χ4v) is 6.74. The van der Waals surface area contributed by atoms with E-state index in [1.54, 1.807) is 30.3 Å². The standard InChI is InChI=1S/C37H33Cl2F4N7O4/c1-53-34-47-29(16-31(49-34)44-12-10-21-3-6-23(14-27(21)40)37(41,42)43)22-5-8-28-25(13-22)36(19-46-28,18-33(51)52)30-17-32(50-35(48-30)54-2)45-11-9-20-4-7-24(38)15-26(20)39/h3-8,13-17,46H,9-12,18-19H2,1-2H3,(H,51,52)(H,44,47,49)(H,45,48,50). The van der Waals surface area contributed by atoms with Crippen LogP contribution in [0.2, 0.25) is 10.0 Å². The van der Waals surface area contributed by atoms with Crippen LogP contribution in [0.4, 0.5) is 34.9 Å². The van der Waals surface area contributed by atoms with E-state index in [9.17, 15) is 27.5 Å². The number of carboxylic acids is 1. The van der Waals surface area contributed by atoms with Crippen molar-refractivity contribution in [3.63, 3.8) is 0 Å². The quantitative estimate of drug-likeness (QED) is 0.0816. The number of fused-ring (bicyclic) bond motifs is 1. The lowest BCUT2D eigenvalue weighted by molar-refractivity contribution is -0.138. The number of methoxy groups -OCH3 is 2. The second-order valence-corrected chi connectivity index (χ2v) is 13.3. The first-order valence-electron chi connectivity index (χ1n) is 16.5. The molecule has 1 atom stereocenters. The van der Waals surface area contributed by atoms with Gasteiger partial charge in [0.2, 0.25) is 0 Å². The zero-order valence-corrected chi connectivity index (χ0v) is 30.3. The fourth-order valence-electron chi connectivity index (χ4n) is 6.24. The highest BCUT2D eigenvalue weighted by atomic mass is 35.5. The van der Waals surface area contributed by atoms with E-state index in [0.29, 0.717) is 68.9 Å². The van der Waals surface area contributed by atoms with Gasteiger partial charge in [-0.2, -0.15) is 33.1 Å². The summed E-state index contributed by atoms with van der Waals surface area (Å²) >= 11 is 12.4. The number of aromatic nitrogens is 4. The second-order valence-electron chi connectivity index (χ2n) is 12.4. The van der Waals surface area contributed by atoms with E-state index in [1.165, 1.54) is 14.2 Å². The van der Waals surface area contributed by atoms with Crippen LogP contribution in [0, 0.1) is 5.82 Å². The molecule has 6 rings (SSSR count). The van der Waals surface area contributed by atoms with Crippen LogP contribution in [-0.2, 0) is 29.2 Å². The molecule has 0 spiro atoms. The maximum Gasteiger partial charge on any atom is 0.416 e. The van der Waals surface area contributed by atoms with E-state index in [0.717, 1.165) is 17.7 Å². The Labute approximate surface area is 317 Å². The van der Waals surface area contributed by atoms with Crippen molar-refractivity contribution in [3.05, 3.63) is 111 Å². The molecule has 2 aromatic heterocycles. The molecule has 282 valence electrons. The maximum absolute atomic E-state index is 14.5. The highest BCUT2D eigenvalue weighted by Crippen LogP contribution is 2.46. The third kappa shape index (κ3) is 8.52. The number of hydrogen-bond acceptors (Lipinski definition) is 10. The lowest BCUT2D eigenvalue weighted by atomic mass is 9.75. The Morgan fingerprint density at radius 3 is 2.19 bits per heavy atom. The molecule has 0 aliphatic carbocycles. The van der Waals surface area contributed by atoms with Gasteiger partial charge in [-0.25, -0.2) is 4.39 Å². The van der Waals surface area contributed by atoms with Crippen molar-refractivity contribution in [3.8, 4) is 23.3 Å². The number of carbonyl (C=O) groups is 1. The molecular formula is C37H33Cl2F4N7O4. The van der Waals surface area contributed by atoms with Crippen LogP contribution >= 0.6 is 23.2 Å². The first-order chi connectivity index (χ1) is 25.8. The van der Waals surface area contributed by atoms with Gasteiger partial charge in [-0.05, 0) is 65.9 Å². The zero-order chi connectivity index (χ0) is 38.6. The molecule has 0 fully saturated rings. The monoisotopic (exact) mass is 785 g/mol. The summed E-state index contributed by atoms with van der Waals surface area (Å²) in [6, 6.07) is 16.5. The third-order valence-electron chi connectivity index (χ3n) is 8.93. The molecule has 0 saturated heterocycles. The number of rotatable bonds is 14. The number of nitrogens with zero attached hydrogens (tertiary/aromatic N) is 4. The van der Waals surface area contributed by atoms with Crippen molar-refractivity contribution < 1.29 is 36.9 Å². The van der Waals surface area contributed by atoms with E-state index in [4.69, 9.17) is 32.7 Å². The number of hydrogen-bond donors (Lipinski definition) is 4. The second kappa shape index (κ2) is 15.9. The predicted molar refractivity (Wildman–Crippen MR) is 196 cm³/mol. The smallest absolute Gasteiger partial charge is 0.416 e. The number of anilines is 3. The number of halogens is 6. The maximum atomic E-state index is 14.5. The Balaban J connectivity index is 1.28. The largest absolute Gasteiger partial charge is 0.481 e. The summed E-state index contributed by atoms with van der Waals surface area (Å²) in [6.45, 7) is 0.784. The number of alkyl halides is 3. The number of nitrogens with one attached hydrogen (secondary N) is 3. The molecule has 1 aliphatic heterocycles. The molecule has 4 N–H and O–H groups in total. The van der Waals surface area contributed by atoms with Crippen LogP contribution < -0.4 is 25.4 Å². The van der Waals surface area contributed by atoms with Crippen LogP contribution in [0.1, 0.15) is 34.4 Å². The molecule has 3 heterocycles. The summed E-state index contributed by atoms with van der Waals surface area (Å²) in [7, 11) is 2.82. The van der Waals surface area contributed by atoms with Gasteiger partial charge in [-0.1, -0.05) is 41.4 Å². The molecular weight excluding hydrogens is 753 g/mol. The van der Waals surface area contributed by atoms with Crippen LogP contribution in [0.5, 0.6) is 12.0 Å². The Morgan fingerprint density at radius 2 is 1.54 bits per heavy atom. The van der Waals surface area contributed by atoms with Gasteiger partial charge >= 0.3 is 24.2 Å². The highest BCUT2D eigenvalue weighted by molar-refractivity contribution is 6.35. The minimum Gasteiger partial charge on any atom is -0.481 e. The summed E-state index contributed by atoms with van der Waals surface area (Å²) in [5.74, 6) is -1.28. The van der Waals surface area contributed by atoms with E-state index in [2.05, 4.69) is 35.9 Å². The van der Waals surface area contributed by atoms with Gasteiger partial charge < -0.3 is 30.5 Å². The number of ether oxygens (including phenoxy) is 2. The molecule has 0 amide bonds. The number of carboxylic acid groups (broad SMARTS) is 1. The minimum absolute atomic E-state index is 0.0160. The predicted octanol–water partition coefficient (Wildman–Crippen LogP) is 7.91. The molecule has 0 saturated carbocycles. The molecule has 0 bridgehead atoms.